The van der Waals surface area contributed by atoms with Crippen LogP contribution in [0.5, 0.6) is 0 Å². The summed E-state index contributed by atoms with van der Waals surface area (Å²) in [5.74, 6) is -1.68. The van der Waals surface area contributed by atoms with Crippen molar-refractivity contribution in [1.29, 1.82) is 0 Å². The third-order valence-electron chi connectivity index (χ3n) is 4.42. The molecular formula is C23H19F2N3OS2. The summed E-state index contributed by atoms with van der Waals surface area (Å²) >= 11 is 2.75. The molecule has 0 saturated heterocycles. The zero-order valence-electron chi connectivity index (χ0n) is 16.9. The molecule has 4 nitrogen and oxygen atoms in total. The molecule has 2 heterocycles. The van der Waals surface area contributed by atoms with E-state index in [1.54, 1.807) is 42.4 Å². The van der Waals surface area contributed by atoms with Crippen molar-refractivity contribution in [3.63, 3.8) is 0 Å². The van der Waals surface area contributed by atoms with Crippen molar-refractivity contribution < 1.29 is 13.6 Å². The molecule has 4 rings (SSSR count). The highest BCUT2D eigenvalue weighted by Crippen LogP contribution is 2.33. The topological polar surface area (TPSA) is 46.1 Å². The largest absolute Gasteiger partial charge is 0.279 e. The number of thiazole rings is 1. The van der Waals surface area contributed by atoms with Crippen molar-refractivity contribution >= 4 is 44.4 Å². The van der Waals surface area contributed by atoms with Gasteiger partial charge in [0.05, 0.1) is 11.2 Å². The summed E-state index contributed by atoms with van der Waals surface area (Å²) in [5.41, 5.74) is 1.41. The first-order valence-corrected chi connectivity index (χ1v) is 11.3. The molecule has 1 amide bonds. The maximum Gasteiger partial charge on any atom is 0.260 e. The van der Waals surface area contributed by atoms with Crippen LogP contribution >= 0.6 is 23.1 Å². The smallest absolute Gasteiger partial charge is 0.260 e. The fourth-order valence-electron chi connectivity index (χ4n) is 3.09. The van der Waals surface area contributed by atoms with Gasteiger partial charge in [0.2, 0.25) is 0 Å². The van der Waals surface area contributed by atoms with Crippen molar-refractivity contribution in [1.82, 2.24) is 9.97 Å². The van der Waals surface area contributed by atoms with Crippen molar-refractivity contribution in [2.75, 3.05) is 4.90 Å². The second-order valence-electron chi connectivity index (χ2n) is 7.17. The number of benzene rings is 2. The number of anilines is 1. The lowest BCUT2D eigenvalue weighted by atomic mass is 10.2. The van der Waals surface area contributed by atoms with Gasteiger partial charge in [0.1, 0.15) is 11.3 Å². The quantitative estimate of drug-likeness (QED) is 0.319. The van der Waals surface area contributed by atoms with Gasteiger partial charge in [0.25, 0.3) is 5.91 Å². The average molecular weight is 456 g/mol. The Morgan fingerprint density at radius 2 is 1.90 bits per heavy atom. The minimum absolute atomic E-state index is 0.0537. The fraction of sp³-hybridized carbons (Fsp3) is 0.174. The molecule has 0 N–H and O–H groups in total. The summed E-state index contributed by atoms with van der Waals surface area (Å²) in [6.45, 7) is 4.40. The number of hydrogen-bond donors (Lipinski definition) is 0. The third-order valence-corrected chi connectivity index (χ3v) is 6.44. The van der Waals surface area contributed by atoms with E-state index in [0.29, 0.717) is 20.6 Å². The van der Waals surface area contributed by atoms with E-state index in [0.717, 1.165) is 27.9 Å². The van der Waals surface area contributed by atoms with E-state index < -0.39 is 11.6 Å². The molecule has 2 aromatic heterocycles. The molecule has 0 aliphatic carbocycles. The van der Waals surface area contributed by atoms with E-state index >= 15 is 0 Å². The number of amides is 1. The van der Waals surface area contributed by atoms with Crippen LogP contribution in [-0.4, -0.2) is 21.1 Å². The highest BCUT2D eigenvalue weighted by molar-refractivity contribution is 7.99. The van der Waals surface area contributed by atoms with Crippen molar-refractivity contribution in [2.45, 2.75) is 30.5 Å². The molecule has 0 saturated carbocycles. The van der Waals surface area contributed by atoms with Crippen LogP contribution in [0.15, 0.2) is 65.8 Å². The molecule has 0 unspecified atom stereocenters. The Morgan fingerprint density at radius 1 is 1.13 bits per heavy atom. The van der Waals surface area contributed by atoms with E-state index in [9.17, 15) is 13.6 Å². The maximum atomic E-state index is 14.2. The maximum absolute atomic E-state index is 14.2. The second-order valence-corrected chi connectivity index (χ2v) is 9.83. The molecule has 2 aromatic carbocycles. The van der Waals surface area contributed by atoms with E-state index in [2.05, 4.69) is 23.8 Å². The second kappa shape index (κ2) is 9.11. The van der Waals surface area contributed by atoms with Gasteiger partial charge in [-0.15, -0.1) is 11.8 Å². The third kappa shape index (κ3) is 4.91. The van der Waals surface area contributed by atoms with Gasteiger partial charge in [0.15, 0.2) is 10.9 Å². The Labute approximate surface area is 187 Å². The summed E-state index contributed by atoms with van der Waals surface area (Å²) < 4.78 is 28.3. The number of hydrogen-bond acceptors (Lipinski definition) is 5. The van der Waals surface area contributed by atoms with Crippen LogP contribution in [0, 0.1) is 11.6 Å². The summed E-state index contributed by atoms with van der Waals surface area (Å²) in [6, 6.07) is 13.0. The number of nitrogens with zero attached hydrogens (tertiary/aromatic N) is 3. The molecule has 0 radical (unpaired) electrons. The number of pyridine rings is 1. The van der Waals surface area contributed by atoms with Crippen LogP contribution < -0.4 is 4.90 Å². The van der Waals surface area contributed by atoms with E-state index in [-0.39, 0.29) is 18.0 Å². The minimum Gasteiger partial charge on any atom is -0.279 e. The van der Waals surface area contributed by atoms with Gasteiger partial charge in [-0.2, -0.15) is 0 Å². The van der Waals surface area contributed by atoms with Gasteiger partial charge >= 0.3 is 0 Å². The summed E-state index contributed by atoms with van der Waals surface area (Å²) in [4.78, 5) is 24.3. The molecule has 0 spiro atoms. The number of thioether (sulfide) groups is 1. The molecule has 0 atom stereocenters. The highest BCUT2D eigenvalue weighted by Gasteiger charge is 2.23. The molecule has 8 heteroatoms. The lowest BCUT2D eigenvalue weighted by Crippen LogP contribution is -2.30. The minimum atomic E-state index is -0.746. The Bertz CT molecular complexity index is 1230. The predicted molar refractivity (Wildman–Crippen MR) is 122 cm³/mol. The van der Waals surface area contributed by atoms with Crippen LogP contribution in [0.2, 0.25) is 0 Å². The zero-order valence-corrected chi connectivity index (χ0v) is 18.5. The number of carbonyl (C=O) groups is 1. The van der Waals surface area contributed by atoms with Gasteiger partial charge in [-0.3, -0.25) is 14.7 Å². The lowest BCUT2D eigenvalue weighted by Gasteiger charge is -2.20. The number of carbonyl (C=O) groups excluding carboxylic acids is 1. The van der Waals surface area contributed by atoms with Gasteiger partial charge in [-0.1, -0.05) is 31.3 Å². The number of fused-ring (bicyclic) bond motifs is 1. The fourth-order valence-corrected chi connectivity index (χ4v) is 4.99. The van der Waals surface area contributed by atoms with Crippen molar-refractivity contribution in [2.24, 2.45) is 0 Å². The molecule has 31 heavy (non-hydrogen) atoms. The standard InChI is InChI=1S/C23H19F2N3OS2/c1-14(2)30-18-5-3-4-16(10-18)22(29)28(13-15-6-8-26-9-7-15)23-27-21-19(25)11-17(24)12-20(21)31-23/h3-12,14H,13H2,1-2H3. The Balaban J connectivity index is 1.76. The van der Waals surface area contributed by atoms with E-state index in [1.807, 2.05) is 18.2 Å². The van der Waals surface area contributed by atoms with Gasteiger partial charge in [-0.25, -0.2) is 13.8 Å². The number of halogens is 2. The Kier molecular flexibility index (Phi) is 6.29. The van der Waals surface area contributed by atoms with E-state index in [4.69, 9.17) is 0 Å². The number of rotatable bonds is 6. The van der Waals surface area contributed by atoms with Gasteiger partial charge in [0, 0.05) is 34.2 Å². The summed E-state index contributed by atoms with van der Waals surface area (Å²) in [5, 5.41) is 0.684. The SMILES string of the molecule is CC(C)Sc1cccc(C(=O)N(Cc2ccncc2)c2nc3c(F)cc(F)cc3s2)c1. The Hall–Kier alpha value is -2.84. The summed E-state index contributed by atoms with van der Waals surface area (Å²) in [7, 11) is 0. The predicted octanol–water partition coefficient (Wildman–Crippen LogP) is 6.32. The first-order valence-electron chi connectivity index (χ1n) is 9.64. The molecular weight excluding hydrogens is 436 g/mol. The van der Waals surface area contributed by atoms with E-state index in [1.165, 1.54) is 11.0 Å². The zero-order chi connectivity index (χ0) is 22.0. The average Bonchev–Trinajstić information content (AvgIpc) is 3.16. The first-order chi connectivity index (χ1) is 14.9. The van der Waals surface area contributed by atoms with Gasteiger partial charge < -0.3 is 0 Å². The molecule has 4 aromatic rings. The van der Waals surface area contributed by atoms with Crippen molar-refractivity contribution in [3.05, 3.63) is 83.7 Å². The van der Waals surface area contributed by atoms with Crippen LogP contribution in [0.1, 0.15) is 29.8 Å². The monoisotopic (exact) mass is 455 g/mol. The van der Waals surface area contributed by atoms with Crippen LogP contribution in [-0.2, 0) is 6.54 Å². The Morgan fingerprint density at radius 3 is 2.65 bits per heavy atom. The number of aromatic nitrogens is 2. The molecule has 0 aliphatic heterocycles. The molecule has 158 valence electrons. The summed E-state index contributed by atoms with van der Waals surface area (Å²) in [6.07, 6.45) is 3.29. The van der Waals surface area contributed by atoms with Crippen molar-refractivity contribution in [3.8, 4) is 0 Å². The molecule has 0 bridgehead atoms. The normalized spacial score (nSPS) is 11.3. The van der Waals surface area contributed by atoms with Crippen LogP contribution in [0.3, 0.4) is 0 Å². The van der Waals surface area contributed by atoms with Gasteiger partial charge in [-0.05, 0) is 42.0 Å². The first kappa shape index (κ1) is 21.4. The molecule has 0 aliphatic rings. The van der Waals surface area contributed by atoms with Crippen LogP contribution in [0.4, 0.5) is 13.9 Å². The molecule has 0 fully saturated rings. The van der Waals surface area contributed by atoms with Crippen LogP contribution in [0.25, 0.3) is 10.2 Å². The highest BCUT2D eigenvalue weighted by atomic mass is 32.2. The lowest BCUT2D eigenvalue weighted by molar-refractivity contribution is 0.0985.